The van der Waals surface area contributed by atoms with Gasteiger partial charge in [-0.25, -0.2) is 14.8 Å². The lowest BCUT2D eigenvalue weighted by Crippen LogP contribution is -2.37. The van der Waals surface area contributed by atoms with Gasteiger partial charge in [0.25, 0.3) is 0 Å². The topological polar surface area (TPSA) is 110 Å². The zero-order chi connectivity index (χ0) is 25.5. The van der Waals surface area contributed by atoms with Crippen molar-refractivity contribution in [3.05, 3.63) is 66.0 Å². The number of benzene rings is 1. The van der Waals surface area contributed by atoms with Crippen LogP contribution in [0.25, 0.3) is 33.3 Å². The molecule has 37 heavy (non-hydrogen) atoms. The van der Waals surface area contributed by atoms with Crippen molar-refractivity contribution >= 4 is 22.6 Å². The van der Waals surface area contributed by atoms with Crippen molar-refractivity contribution in [2.75, 3.05) is 19.8 Å². The SMILES string of the molecule is CC(=O)N1CCn2c(C3CCOCC3)nc(-c3cccc4cc(-c5ccc(C(=O)O)nc5)ncc34)c2C1. The number of aromatic nitrogens is 4. The highest BCUT2D eigenvalue weighted by Gasteiger charge is 2.30. The fourth-order valence-electron chi connectivity index (χ4n) is 5.36. The van der Waals surface area contributed by atoms with Crippen LogP contribution in [-0.4, -0.2) is 61.2 Å². The Hall–Kier alpha value is -4.11. The summed E-state index contributed by atoms with van der Waals surface area (Å²) in [5, 5.41) is 11.1. The van der Waals surface area contributed by atoms with Crippen molar-refractivity contribution in [1.82, 2.24) is 24.4 Å². The van der Waals surface area contributed by atoms with E-state index in [1.165, 1.54) is 12.3 Å². The zero-order valence-electron chi connectivity index (χ0n) is 20.6. The van der Waals surface area contributed by atoms with E-state index in [0.29, 0.717) is 24.7 Å². The average molecular weight is 498 g/mol. The van der Waals surface area contributed by atoms with Gasteiger partial charge in [-0.2, -0.15) is 0 Å². The first-order valence-corrected chi connectivity index (χ1v) is 12.5. The molecule has 0 unspecified atom stereocenters. The second-order valence-corrected chi connectivity index (χ2v) is 9.58. The van der Waals surface area contributed by atoms with Gasteiger partial charge >= 0.3 is 5.97 Å². The third-order valence-corrected chi connectivity index (χ3v) is 7.37. The lowest BCUT2D eigenvalue weighted by atomic mass is 9.99. The molecule has 2 aliphatic heterocycles. The van der Waals surface area contributed by atoms with Crippen LogP contribution < -0.4 is 0 Å². The van der Waals surface area contributed by atoms with Crippen molar-refractivity contribution in [2.45, 2.75) is 38.8 Å². The minimum absolute atomic E-state index is 0.00341. The largest absolute Gasteiger partial charge is 0.477 e. The summed E-state index contributed by atoms with van der Waals surface area (Å²) in [5.41, 5.74) is 4.41. The summed E-state index contributed by atoms with van der Waals surface area (Å²) in [6.45, 7) is 5.05. The first-order valence-electron chi connectivity index (χ1n) is 12.5. The van der Waals surface area contributed by atoms with Gasteiger partial charge in [-0.1, -0.05) is 18.2 Å². The van der Waals surface area contributed by atoms with Gasteiger partial charge < -0.3 is 19.3 Å². The number of pyridine rings is 2. The lowest BCUT2D eigenvalue weighted by Gasteiger charge is -2.30. The van der Waals surface area contributed by atoms with Gasteiger partial charge in [0.1, 0.15) is 11.5 Å². The normalized spacial score (nSPS) is 16.1. The molecule has 9 heteroatoms. The van der Waals surface area contributed by atoms with Gasteiger partial charge in [-0.15, -0.1) is 0 Å². The zero-order valence-corrected chi connectivity index (χ0v) is 20.6. The fourth-order valence-corrected chi connectivity index (χ4v) is 5.36. The number of fused-ring (bicyclic) bond motifs is 2. The second kappa shape index (κ2) is 9.40. The van der Waals surface area contributed by atoms with E-state index in [2.05, 4.69) is 20.6 Å². The Morgan fingerprint density at radius 1 is 1.05 bits per heavy atom. The number of imidazole rings is 1. The number of ether oxygens (including phenoxy) is 1. The van der Waals surface area contributed by atoms with E-state index < -0.39 is 5.97 Å². The Morgan fingerprint density at radius 2 is 1.89 bits per heavy atom. The van der Waals surface area contributed by atoms with E-state index >= 15 is 0 Å². The molecule has 1 N–H and O–H groups in total. The van der Waals surface area contributed by atoms with Crippen molar-refractivity contribution in [3.63, 3.8) is 0 Å². The first kappa shape index (κ1) is 23.3. The lowest BCUT2D eigenvalue weighted by molar-refractivity contribution is -0.130. The van der Waals surface area contributed by atoms with Gasteiger partial charge in [0.15, 0.2) is 0 Å². The first-order chi connectivity index (χ1) is 18.0. The van der Waals surface area contributed by atoms with Crippen molar-refractivity contribution < 1.29 is 19.4 Å². The highest BCUT2D eigenvalue weighted by molar-refractivity contribution is 5.97. The maximum atomic E-state index is 12.2. The molecule has 6 rings (SSSR count). The highest BCUT2D eigenvalue weighted by Crippen LogP contribution is 2.37. The van der Waals surface area contributed by atoms with Gasteiger partial charge in [0.05, 0.1) is 23.6 Å². The molecule has 1 amide bonds. The summed E-state index contributed by atoms with van der Waals surface area (Å²) < 4.78 is 7.92. The number of rotatable bonds is 4. The summed E-state index contributed by atoms with van der Waals surface area (Å²) in [6.07, 6.45) is 5.27. The Morgan fingerprint density at radius 3 is 2.62 bits per heavy atom. The second-order valence-electron chi connectivity index (χ2n) is 9.58. The van der Waals surface area contributed by atoms with Crippen molar-refractivity contribution in [1.29, 1.82) is 0 Å². The third kappa shape index (κ3) is 4.25. The smallest absolute Gasteiger partial charge is 0.354 e. The Balaban J connectivity index is 1.44. The summed E-state index contributed by atoms with van der Waals surface area (Å²) in [6, 6.07) is 11.3. The summed E-state index contributed by atoms with van der Waals surface area (Å²) in [4.78, 5) is 39.2. The van der Waals surface area contributed by atoms with Crippen LogP contribution in [0, 0.1) is 0 Å². The monoisotopic (exact) mass is 497 g/mol. The molecule has 0 saturated carbocycles. The van der Waals surface area contributed by atoms with E-state index in [0.717, 1.165) is 71.7 Å². The molecular weight excluding hydrogens is 470 g/mol. The summed E-state index contributed by atoms with van der Waals surface area (Å²) >= 11 is 0. The Bertz CT molecular complexity index is 1510. The standard InChI is InChI=1S/C28H27N5O4/c1-17(34)32-9-10-33-25(16-32)26(31-27(33)18-7-11-37-12-8-18)21-4-2-3-19-13-24(30-15-22(19)21)20-5-6-23(28(35)36)29-14-20/h2-6,13-15,18H,7-12,16H2,1H3,(H,35,36). The quantitative estimate of drug-likeness (QED) is 0.452. The molecule has 9 nitrogen and oxygen atoms in total. The fraction of sp³-hybridized carbons (Fsp3) is 0.321. The molecule has 1 saturated heterocycles. The summed E-state index contributed by atoms with van der Waals surface area (Å²) in [7, 11) is 0. The number of hydrogen-bond acceptors (Lipinski definition) is 6. The maximum absolute atomic E-state index is 12.2. The van der Waals surface area contributed by atoms with Crippen LogP contribution in [0.3, 0.4) is 0 Å². The highest BCUT2D eigenvalue weighted by atomic mass is 16.5. The van der Waals surface area contributed by atoms with Crippen LogP contribution in [0.15, 0.2) is 48.8 Å². The maximum Gasteiger partial charge on any atom is 0.354 e. The van der Waals surface area contributed by atoms with Crippen LogP contribution in [0.1, 0.15) is 47.7 Å². The van der Waals surface area contributed by atoms with E-state index in [9.17, 15) is 9.59 Å². The summed E-state index contributed by atoms with van der Waals surface area (Å²) in [5.74, 6) is 0.432. The number of carbonyl (C=O) groups is 2. The van der Waals surface area contributed by atoms with Gasteiger partial charge in [0, 0.05) is 68.1 Å². The van der Waals surface area contributed by atoms with Gasteiger partial charge in [-0.3, -0.25) is 9.78 Å². The number of aromatic carboxylic acids is 1. The van der Waals surface area contributed by atoms with Crippen molar-refractivity contribution in [3.8, 4) is 22.5 Å². The van der Waals surface area contributed by atoms with Crippen LogP contribution in [0.2, 0.25) is 0 Å². The van der Waals surface area contributed by atoms with E-state index in [1.807, 2.05) is 29.3 Å². The predicted molar refractivity (Wildman–Crippen MR) is 137 cm³/mol. The third-order valence-electron chi connectivity index (χ3n) is 7.37. The van der Waals surface area contributed by atoms with Gasteiger partial charge in [-0.05, 0) is 36.4 Å². The molecule has 4 aromatic rings. The molecule has 0 spiro atoms. The molecule has 3 aromatic heterocycles. The molecule has 5 heterocycles. The number of carbonyl (C=O) groups excluding carboxylic acids is 1. The van der Waals surface area contributed by atoms with Gasteiger partial charge in [0.2, 0.25) is 5.91 Å². The average Bonchev–Trinajstić information content (AvgIpc) is 3.31. The van der Waals surface area contributed by atoms with E-state index in [4.69, 9.17) is 14.8 Å². The minimum Gasteiger partial charge on any atom is -0.477 e. The molecule has 0 aliphatic carbocycles. The Labute approximate surface area is 213 Å². The van der Waals surface area contributed by atoms with Crippen LogP contribution in [0.4, 0.5) is 0 Å². The number of carboxylic acid groups (broad SMARTS) is 1. The van der Waals surface area contributed by atoms with Crippen molar-refractivity contribution in [2.24, 2.45) is 0 Å². The van der Waals surface area contributed by atoms with E-state index in [-0.39, 0.29) is 11.6 Å². The molecule has 1 aromatic carbocycles. The number of nitrogens with zero attached hydrogens (tertiary/aromatic N) is 5. The molecule has 0 atom stereocenters. The number of hydrogen-bond donors (Lipinski definition) is 1. The number of carboxylic acids is 1. The molecule has 0 radical (unpaired) electrons. The molecule has 2 aliphatic rings. The van der Waals surface area contributed by atoms with Crippen LogP contribution in [-0.2, 0) is 22.6 Å². The number of amides is 1. The molecule has 1 fully saturated rings. The van der Waals surface area contributed by atoms with E-state index in [1.54, 1.807) is 13.0 Å². The van der Waals surface area contributed by atoms with Crippen LogP contribution >= 0.6 is 0 Å². The molecular formula is C28H27N5O4. The Kier molecular flexibility index (Phi) is 5.92. The molecule has 0 bridgehead atoms. The molecule has 188 valence electrons. The minimum atomic E-state index is -1.06. The van der Waals surface area contributed by atoms with Crippen LogP contribution in [0.5, 0.6) is 0 Å². The predicted octanol–water partition coefficient (Wildman–Crippen LogP) is 4.11.